The number of piperidine rings is 1. The van der Waals surface area contributed by atoms with Gasteiger partial charge < -0.3 is 15.5 Å². The lowest BCUT2D eigenvalue weighted by Crippen LogP contribution is -2.45. The number of amides is 1. The Morgan fingerprint density at radius 3 is 2.28 bits per heavy atom. The average Bonchev–Trinajstić information content (AvgIpc) is 2.85. The smallest absolute Gasteiger partial charge is 0.223 e. The molecule has 0 aromatic heterocycles. The molecule has 0 atom stereocenters. The number of carbonyl (C=O) groups excluding carboxylic acids is 1. The summed E-state index contributed by atoms with van der Waals surface area (Å²) in [7, 11) is 0. The van der Waals surface area contributed by atoms with E-state index in [1.807, 2.05) is 18.2 Å². The van der Waals surface area contributed by atoms with Crippen LogP contribution in [0.5, 0.6) is 0 Å². The minimum atomic E-state index is 0.0108. The highest BCUT2D eigenvalue weighted by molar-refractivity contribution is 6.00. The minimum Gasteiger partial charge on any atom is -0.349 e. The zero-order valence-corrected chi connectivity index (χ0v) is 19.0. The quantitative estimate of drug-likeness (QED) is 0.358. The third kappa shape index (κ3) is 7.02. The van der Waals surface area contributed by atoms with E-state index in [9.17, 15) is 4.79 Å². The standard InChI is InChI=1S/C26H35N5O/c1-2-20-8-10-22(11-9-20)19-31(24(27)13-12-21-6-4-3-5-7-21)25(28)18-30-26(32)23-14-16-29-17-15-23/h3-11,23,27-29H,2,12-19H2,1H3,(H,30,32). The maximum absolute atomic E-state index is 12.5. The monoisotopic (exact) mass is 433 g/mol. The Balaban J connectivity index is 1.64. The number of nitrogens with zero attached hydrogens (tertiary/aromatic N) is 1. The van der Waals surface area contributed by atoms with Gasteiger partial charge in [0, 0.05) is 12.3 Å². The van der Waals surface area contributed by atoms with E-state index in [4.69, 9.17) is 10.8 Å². The first-order valence-corrected chi connectivity index (χ1v) is 11.6. The van der Waals surface area contributed by atoms with Gasteiger partial charge in [0.25, 0.3) is 0 Å². The molecule has 0 radical (unpaired) electrons. The third-order valence-corrected chi connectivity index (χ3v) is 6.06. The van der Waals surface area contributed by atoms with Gasteiger partial charge in [-0.15, -0.1) is 0 Å². The van der Waals surface area contributed by atoms with Gasteiger partial charge in [0.1, 0.15) is 11.7 Å². The number of nitrogens with one attached hydrogen (secondary N) is 4. The molecule has 2 aromatic rings. The zero-order valence-electron chi connectivity index (χ0n) is 19.0. The highest BCUT2D eigenvalue weighted by atomic mass is 16.1. The molecule has 4 N–H and O–H groups in total. The first-order chi connectivity index (χ1) is 15.6. The maximum atomic E-state index is 12.5. The van der Waals surface area contributed by atoms with Crippen molar-refractivity contribution in [1.29, 1.82) is 10.8 Å². The van der Waals surface area contributed by atoms with Crippen LogP contribution in [-0.2, 0) is 24.2 Å². The second-order valence-corrected chi connectivity index (χ2v) is 8.38. The van der Waals surface area contributed by atoms with Crippen molar-refractivity contribution in [3.63, 3.8) is 0 Å². The van der Waals surface area contributed by atoms with Crippen LogP contribution in [0, 0.1) is 16.7 Å². The summed E-state index contributed by atoms with van der Waals surface area (Å²) in [6, 6.07) is 18.5. The van der Waals surface area contributed by atoms with Gasteiger partial charge in [0.2, 0.25) is 5.91 Å². The predicted octanol–water partition coefficient (Wildman–Crippen LogP) is 3.75. The molecule has 32 heavy (non-hydrogen) atoms. The Morgan fingerprint density at radius 1 is 0.969 bits per heavy atom. The fourth-order valence-electron chi connectivity index (χ4n) is 3.95. The second kappa shape index (κ2) is 12.2. The van der Waals surface area contributed by atoms with E-state index < -0.39 is 0 Å². The Labute approximate surface area is 191 Å². The molecule has 3 rings (SSSR count). The van der Waals surface area contributed by atoms with E-state index >= 15 is 0 Å². The summed E-state index contributed by atoms with van der Waals surface area (Å²) in [5.74, 6) is 0.676. The first kappa shape index (κ1) is 23.7. The largest absolute Gasteiger partial charge is 0.349 e. The number of amidine groups is 2. The summed E-state index contributed by atoms with van der Waals surface area (Å²) >= 11 is 0. The molecular weight excluding hydrogens is 398 g/mol. The topological polar surface area (TPSA) is 92.1 Å². The summed E-state index contributed by atoms with van der Waals surface area (Å²) in [5, 5.41) is 23.6. The second-order valence-electron chi connectivity index (χ2n) is 8.38. The Bertz CT molecular complexity index is 888. The van der Waals surface area contributed by atoms with Crippen LogP contribution < -0.4 is 10.6 Å². The van der Waals surface area contributed by atoms with Gasteiger partial charge in [-0.25, -0.2) is 0 Å². The molecule has 6 nitrogen and oxygen atoms in total. The van der Waals surface area contributed by atoms with Crippen LogP contribution in [0.2, 0.25) is 0 Å². The molecule has 1 amide bonds. The van der Waals surface area contributed by atoms with Gasteiger partial charge >= 0.3 is 0 Å². The fourth-order valence-corrected chi connectivity index (χ4v) is 3.95. The molecule has 1 aliphatic rings. The summed E-state index contributed by atoms with van der Waals surface area (Å²) < 4.78 is 0. The van der Waals surface area contributed by atoms with Crippen molar-refractivity contribution >= 4 is 17.6 Å². The van der Waals surface area contributed by atoms with Crippen molar-refractivity contribution in [3.05, 3.63) is 71.3 Å². The SMILES string of the molecule is CCc1ccc(CN(C(=N)CCc2ccccc2)C(=N)CNC(=O)C2CCNCC2)cc1. The van der Waals surface area contributed by atoms with Gasteiger partial charge in [-0.05, 0) is 55.5 Å². The molecule has 6 heteroatoms. The molecule has 1 fully saturated rings. The third-order valence-electron chi connectivity index (χ3n) is 6.06. The summed E-state index contributed by atoms with van der Waals surface area (Å²) in [6.07, 6.45) is 3.94. The van der Waals surface area contributed by atoms with Crippen molar-refractivity contribution in [3.8, 4) is 0 Å². The summed E-state index contributed by atoms with van der Waals surface area (Å²) in [6.45, 7) is 4.45. The highest BCUT2D eigenvalue weighted by Gasteiger charge is 2.22. The number of hydrogen-bond acceptors (Lipinski definition) is 4. The molecule has 0 aliphatic carbocycles. The van der Waals surface area contributed by atoms with E-state index in [1.165, 1.54) is 11.1 Å². The number of benzene rings is 2. The van der Waals surface area contributed by atoms with E-state index in [1.54, 1.807) is 4.90 Å². The van der Waals surface area contributed by atoms with Crippen molar-refractivity contribution in [1.82, 2.24) is 15.5 Å². The molecular formula is C26H35N5O. The number of rotatable bonds is 9. The molecule has 0 spiro atoms. The molecule has 1 aliphatic heterocycles. The van der Waals surface area contributed by atoms with Gasteiger partial charge in [-0.1, -0.05) is 61.5 Å². The highest BCUT2D eigenvalue weighted by Crippen LogP contribution is 2.13. The van der Waals surface area contributed by atoms with E-state index in [2.05, 4.69) is 54.0 Å². The normalized spacial score (nSPS) is 14.0. The summed E-state index contributed by atoms with van der Waals surface area (Å²) in [5.41, 5.74) is 3.50. The Kier molecular flexibility index (Phi) is 8.99. The molecule has 2 aromatic carbocycles. The molecule has 170 valence electrons. The lowest BCUT2D eigenvalue weighted by Gasteiger charge is -2.27. The number of carbonyl (C=O) groups is 1. The number of aryl methyl sites for hydroxylation is 2. The van der Waals surface area contributed by atoms with E-state index in [-0.39, 0.29) is 24.2 Å². The van der Waals surface area contributed by atoms with E-state index in [0.717, 1.165) is 44.3 Å². The Morgan fingerprint density at radius 2 is 1.62 bits per heavy atom. The van der Waals surface area contributed by atoms with Gasteiger partial charge in [0.05, 0.1) is 13.1 Å². The lowest BCUT2D eigenvalue weighted by molar-refractivity contribution is -0.125. The predicted molar refractivity (Wildman–Crippen MR) is 130 cm³/mol. The summed E-state index contributed by atoms with van der Waals surface area (Å²) in [4.78, 5) is 14.3. The van der Waals surface area contributed by atoms with Crippen LogP contribution in [0.1, 0.15) is 42.9 Å². The van der Waals surface area contributed by atoms with Crippen molar-refractivity contribution in [2.75, 3.05) is 19.6 Å². The lowest BCUT2D eigenvalue weighted by atomic mass is 9.97. The maximum Gasteiger partial charge on any atom is 0.223 e. The average molecular weight is 434 g/mol. The molecule has 1 saturated heterocycles. The van der Waals surface area contributed by atoms with Gasteiger partial charge in [0.15, 0.2) is 0 Å². The van der Waals surface area contributed by atoms with Crippen LogP contribution in [0.4, 0.5) is 0 Å². The number of hydrogen-bond donors (Lipinski definition) is 4. The van der Waals surface area contributed by atoms with Crippen LogP contribution in [0.25, 0.3) is 0 Å². The first-order valence-electron chi connectivity index (χ1n) is 11.6. The van der Waals surface area contributed by atoms with Crippen LogP contribution in [0.3, 0.4) is 0 Å². The molecule has 0 bridgehead atoms. The van der Waals surface area contributed by atoms with Crippen LogP contribution >= 0.6 is 0 Å². The van der Waals surface area contributed by atoms with Crippen LogP contribution in [-0.4, -0.2) is 42.1 Å². The van der Waals surface area contributed by atoms with Gasteiger partial charge in [-0.3, -0.25) is 15.6 Å². The minimum absolute atomic E-state index is 0.0108. The fraction of sp³-hybridized carbons (Fsp3) is 0.423. The molecule has 0 unspecified atom stereocenters. The van der Waals surface area contributed by atoms with Crippen molar-refractivity contribution in [2.24, 2.45) is 5.92 Å². The molecule has 0 saturated carbocycles. The van der Waals surface area contributed by atoms with E-state index in [0.29, 0.717) is 18.8 Å². The van der Waals surface area contributed by atoms with Crippen LogP contribution in [0.15, 0.2) is 54.6 Å². The van der Waals surface area contributed by atoms with Gasteiger partial charge in [-0.2, -0.15) is 0 Å². The van der Waals surface area contributed by atoms with Crippen molar-refractivity contribution in [2.45, 2.75) is 45.6 Å². The molecule has 1 heterocycles. The zero-order chi connectivity index (χ0) is 22.8. The van der Waals surface area contributed by atoms with Crippen molar-refractivity contribution < 1.29 is 4.79 Å². The Hall–Kier alpha value is -2.99.